The fraction of sp³-hybridized carbons (Fsp3) is 0.133. The Morgan fingerprint density at radius 3 is 2.57 bits per heavy atom. The van der Waals surface area contributed by atoms with Crippen molar-refractivity contribution in [2.24, 2.45) is 5.73 Å². The second-order valence-electron chi connectivity index (χ2n) is 4.26. The van der Waals surface area contributed by atoms with E-state index in [0.717, 1.165) is 15.8 Å². The molecule has 2 aromatic rings. The normalized spacial score (nSPS) is 10.2. The Morgan fingerprint density at radius 1 is 1.24 bits per heavy atom. The second kappa shape index (κ2) is 6.83. The first-order chi connectivity index (χ1) is 10.0. The van der Waals surface area contributed by atoms with Gasteiger partial charge < -0.3 is 15.2 Å². The summed E-state index contributed by atoms with van der Waals surface area (Å²) in [5.41, 5.74) is 6.50. The van der Waals surface area contributed by atoms with Gasteiger partial charge in [-0.05, 0) is 51.8 Å². The van der Waals surface area contributed by atoms with Crippen LogP contribution in [0.3, 0.4) is 0 Å². The van der Waals surface area contributed by atoms with Crippen molar-refractivity contribution >= 4 is 33.4 Å². The molecule has 0 heterocycles. The Hall–Kier alpha value is -1.72. The van der Waals surface area contributed by atoms with Crippen molar-refractivity contribution < 1.29 is 14.3 Å². The number of hydrogen-bond donors (Lipinski definition) is 1. The first-order valence-electron chi connectivity index (χ1n) is 6.06. The lowest BCUT2D eigenvalue weighted by Crippen LogP contribution is -2.13. The number of carbonyl (C=O) groups is 1. The van der Waals surface area contributed by atoms with Gasteiger partial charge in [-0.2, -0.15) is 0 Å². The molecule has 110 valence electrons. The number of amides is 1. The number of rotatable bonds is 5. The summed E-state index contributed by atoms with van der Waals surface area (Å²) in [7, 11) is 1.60. The van der Waals surface area contributed by atoms with Crippen LogP contribution in [0.2, 0.25) is 5.02 Å². The second-order valence-corrected chi connectivity index (χ2v) is 5.55. The number of methoxy groups -OCH3 is 1. The molecule has 4 nitrogen and oxygen atoms in total. The highest BCUT2D eigenvalue weighted by molar-refractivity contribution is 9.10. The number of nitrogens with two attached hydrogens (primary N) is 1. The van der Waals surface area contributed by atoms with E-state index in [-0.39, 0.29) is 5.56 Å². The van der Waals surface area contributed by atoms with E-state index in [1.807, 2.05) is 18.2 Å². The van der Waals surface area contributed by atoms with E-state index in [1.165, 1.54) is 6.07 Å². The molecule has 2 rings (SSSR count). The van der Waals surface area contributed by atoms with Crippen LogP contribution in [-0.2, 0) is 6.61 Å². The Morgan fingerprint density at radius 2 is 1.95 bits per heavy atom. The van der Waals surface area contributed by atoms with Crippen molar-refractivity contribution in [1.29, 1.82) is 0 Å². The highest BCUT2D eigenvalue weighted by Crippen LogP contribution is 2.27. The SMILES string of the molecule is COc1ccc(COc2ccc(Cl)cc2C(N)=O)cc1Br. The van der Waals surface area contributed by atoms with Crippen LogP contribution in [0, 0.1) is 0 Å². The zero-order valence-electron chi connectivity index (χ0n) is 11.2. The third-order valence-corrected chi connectivity index (χ3v) is 3.67. The first kappa shape index (κ1) is 15.7. The van der Waals surface area contributed by atoms with Crippen LogP contribution in [0.15, 0.2) is 40.9 Å². The number of ether oxygens (including phenoxy) is 2. The molecule has 21 heavy (non-hydrogen) atoms. The number of carbonyl (C=O) groups excluding carboxylic acids is 1. The lowest BCUT2D eigenvalue weighted by molar-refractivity contribution is 0.0996. The standard InChI is InChI=1S/C15H13BrClNO3/c1-20-14-4-2-9(6-12(14)16)8-21-13-5-3-10(17)7-11(13)15(18)19/h2-7H,8H2,1H3,(H2,18,19). The highest BCUT2D eigenvalue weighted by Gasteiger charge is 2.11. The number of hydrogen-bond acceptors (Lipinski definition) is 3. The van der Waals surface area contributed by atoms with E-state index in [9.17, 15) is 4.79 Å². The van der Waals surface area contributed by atoms with Crippen LogP contribution in [0.1, 0.15) is 15.9 Å². The van der Waals surface area contributed by atoms with Gasteiger partial charge in [0.05, 0.1) is 17.1 Å². The molecule has 0 spiro atoms. The smallest absolute Gasteiger partial charge is 0.252 e. The van der Waals surface area contributed by atoms with Gasteiger partial charge in [0.25, 0.3) is 5.91 Å². The number of benzene rings is 2. The lowest BCUT2D eigenvalue weighted by atomic mass is 10.2. The molecule has 0 atom stereocenters. The van der Waals surface area contributed by atoms with Crippen molar-refractivity contribution in [3.8, 4) is 11.5 Å². The molecule has 0 saturated heterocycles. The fourth-order valence-corrected chi connectivity index (χ4v) is 2.54. The van der Waals surface area contributed by atoms with E-state index in [2.05, 4.69) is 15.9 Å². The van der Waals surface area contributed by atoms with E-state index < -0.39 is 5.91 Å². The zero-order chi connectivity index (χ0) is 15.4. The van der Waals surface area contributed by atoms with Crippen LogP contribution in [-0.4, -0.2) is 13.0 Å². The molecule has 0 unspecified atom stereocenters. The van der Waals surface area contributed by atoms with Crippen molar-refractivity contribution in [3.05, 3.63) is 57.0 Å². The summed E-state index contributed by atoms with van der Waals surface area (Å²) >= 11 is 9.26. The van der Waals surface area contributed by atoms with Gasteiger partial charge >= 0.3 is 0 Å². The molecular weight excluding hydrogens is 358 g/mol. The predicted molar refractivity (Wildman–Crippen MR) is 85.0 cm³/mol. The largest absolute Gasteiger partial charge is 0.496 e. The molecule has 0 aliphatic carbocycles. The van der Waals surface area contributed by atoms with Crippen LogP contribution < -0.4 is 15.2 Å². The average Bonchev–Trinajstić information content (AvgIpc) is 2.46. The molecule has 0 bridgehead atoms. The molecule has 2 aromatic carbocycles. The predicted octanol–water partition coefficient (Wildman–Crippen LogP) is 3.79. The van der Waals surface area contributed by atoms with Gasteiger partial charge in [-0.1, -0.05) is 17.7 Å². The van der Waals surface area contributed by atoms with Crippen molar-refractivity contribution in [3.63, 3.8) is 0 Å². The Bertz CT molecular complexity index is 676. The third-order valence-electron chi connectivity index (χ3n) is 2.82. The van der Waals surface area contributed by atoms with Crippen molar-refractivity contribution in [2.75, 3.05) is 7.11 Å². The van der Waals surface area contributed by atoms with Crippen molar-refractivity contribution in [1.82, 2.24) is 0 Å². The quantitative estimate of drug-likeness (QED) is 0.871. The van der Waals surface area contributed by atoms with Crippen molar-refractivity contribution in [2.45, 2.75) is 6.61 Å². The van der Waals surface area contributed by atoms with Gasteiger partial charge in [-0.3, -0.25) is 4.79 Å². The van der Waals surface area contributed by atoms with Gasteiger partial charge in [-0.25, -0.2) is 0 Å². The number of primary amides is 1. The van der Waals surface area contributed by atoms with E-state index in [4.69, 9.17) is 26.8 Å². The van der Waals surface area contributed by atoms with Crippen LogP contribution in [0.5, 0.6) is 11.5 Å². The first-order valence-corrected chi connectivity index (χ1v) is 7.23. The third kappa shape index (κ3) is 3.89. The molecule has 1 amide bonds. The minimum absolute atomic E-state index is 0.259. The van der Waals surface area contributed by atoms with Crippen LogP contribution in [0.25, 0.3) is 0 Å². The zero-order valence-corrected chi connectivity index (χ0v) is 13.6. The Balaban J connectivity index is 2.16. The fourth-order valence-electron chi connectivity index (χ4n) is 1.78. The maximum Gasteiger partial charge on any atom is 0.252 e. The van der Waals surface area contributed by atoms with Crippen LogP contribution >= 0.6 is 27.5 Å². The summed E-state index contributed by atoms with van der Waals surface area (Å²) in [6.45, 7) is 0.296. The van der Waals surface area contributed by atoms with Crippen LogP contribution in [0.4, 0.5) is 0 Å². The molecule has 0 fully saturated rings. The topological polar surface area (TPSA) is 61.6 Å². The molecule has 0 aliphatic rings. The summed E-state index contributed by atoms with van der Waals surface area (Å²) in [5, 5.41) is 0.434. The van der Waals surface area contributed by atoms with Gasteiger partial charge in [0.2, 0.25) is 0 Å². The Labute approximate surface area is 135 Å². The number of halogens is 2. The van der Waals surface area contributed by atoms with E-state index in [1.54, 1.807) is 19.2 Å². The molecule has 0 aromatic heterocycles. The minimum Gasteiger partial charge on any atom is -0.496 e. The molecule has 6 heteroatoms. The van der Waals surface area contributed by atoms with Gasteiger partial charge in [0.1, 0.15) is 18.1 Å². The monoisotopic (exact) mass is 369 g/mol. The maximum atomic E-state index is 11.4. The molecule has 2 N–H and O–H groups in total. The summed E-state index contributed by atoms with van der Waals surface area (Å²) in [6, 6.07) is 10.4. The van der Waals surface area contributed by atoms with E-state index in [0.29, 0.717) is 17.4 Å². The van der Waals surface area contributed by atoms with E-state index >= 15 is 0 Å². The maximum absolute atomic E-state index is 11.4. The summed E-state index contributed by atoms with van der Waals surface area (Å²) < 4.78 is 11.6. The van der Waals surface area contributed by atoms with Gasteiger partial charge in [-0.15, -0.1) is 0 Å². The summed E-state index contributed by atoms with van der Waals surface area (Å²) in [4.78, 5) is 11.4. The lowest BCUT2D eigenvalue weighted by Gasteiger charge is -2.11. The molecule has 0 aliphatic heterocycles. The average molecular weight is 371 g/mol. The molecular formula is C15H13BrClNO3. The summed E-state index contributed by atoms with van der Waals surface area (Å²) in [6.07, 6.45) is 0. The Kier molecular flexibility index (Phi) is 5.09. The van der Waals surface area contributed by atoms with Gasteiger partial charge in [0, 0.05) is 5.02 Å². The summed E-state index contributed by atoms with van der Waals surface area (Å²) in [5.74, 6) is 0.560. The molecule has 0 saturated carbocycles. The molecule has 0 radical (unpaired) electrons. The highest BCUT2D eigenvalue weighted by atomic mass is 79.9. The van der Waals surface area contributed by atoms with Gasteiger partial charge in [0.15, 0.2) is 0 Å². The minimum atomic E-state index is -0.580.